The van der Waals surface area contributed by atoms with Crippen molar-refractivity contribution in [1.29, 1.82) is 0 Å². The van der Waals surface area contributed by atoms with Gasteiger partial charge in [0.1, 0.15) is 29.3 Å². The average molecular weight is 475 g/mol. The molecule has 3 atom stereocenters. The molecule has 0 radical (unpaired) electrons. The number of carbonyl (C=O) groups excluding carboxylic acids is 1. The smallest absolute Gasteiger partial charge is 0.342 e. The number of halogens is 1. The molecule has 1 aliphatic heterocycles. The highest BCUT2D eigenvalue weighted by molar-refractivity contribution is 7.88. The molecule has 1 aromatic carbocycles. The van der Waals surface area contributed by atoms with Gasteiger partial charge in [0.05, 0.1) is 23.1 Å². The van der Waals surface area contributed by atoms with Crippen molar-refractivity contribution >= 4 is 39.4 Å². The molecule has 31 heavy (non-hydrogen) atoms. The summed E-state index contributed by atoms with van der Waals surface area (Å²) in [5, 5.41) is 44.1. The fourth-order valence-corrected chi connectivity index (χ4v) is 3.16. The number of hydrazone groups is 1. The number of cyclic esters (lactones) is 1. The minimum absolute atomic E-state index is 0.0294. The Balaban J connectivity index is 2.50. The minimum atomic E-state index is -3.70. The predicted molar refractivity (Wildman–Crippen MR) is 114 cm³/mol. The zero-order valence-corrected chi connectivity index (χ0v) is 18.3. The van der Waals surface area contributed by atoms with Crippen LogP contribution in [0.4, 0.5) is 0 Å². The van der Waals surface area contributed by atoms with E-state index < -0.39 is 45.8 Å². The predicted octanol–water partition coefficient (Wildman–Crippen LogP) is 1.29. The van der Waals surface area contributed by atoms with Crippen LogP contribution in [-0.4, -0.2) is 65.1 Å². The van der Waals surface area contributed by atoms with E-state index in [1.165, 1.54) is 24.3 Å². The highest BCUT2D eigenvalue weighted by Crippen LogP contribution is 2.37. The van der Waals surface area contributed by atoms with Gasteiger partial charge in [-0.05, 0) is 19.4 Å². The Kier molecular flexibility index (Phi) is 8.07. The normalized spacial score (nSPS) is 26.4. The zero-order valence-electron chi connectivity index (χ0n) is 16.7. The van der Waals surface area contributed by atoms with Crippen molar-refractivity contribution in [2.45, 2.75) is 38.1 Å². The summed E-state index contributed by atoms with van der Waals surface area (Å²) in [6, 6.07) is 0.917. The number of hydrogen-bond acceptors (Lipinski definition) is 9. The standard InChI is InChI=1S/C19H23ClN2O8S/c1-10-5-3-7-12(21-22-31(2,28)29)18(26)13(23)8-4-6-11-16(19(27)30-10)14(24)9-15(25)17(11)20/h3-4,6-7,9-10,13,18,22-26H,5,8H2,1-2H3/b6-4+,7-3-,21-12+/t10-,13-,18+/m0/s1. The van der Waals surface area contributed by atoms with E-state index in [0.717, 1.165) is 12.3 Å². The van der Waals surface area contributed by atoms with Crippen molar-refractivity contribution in [3.63, 3.8) is 0 Å². The molecule has 0 amide bonds. The number of sulfonamides is 1. The molecule has 5 N–H and O–H groups in total. The molecule has 1 aromatic rings. The molecule has 0 bridgehead atoms. The lowest BCUT2D eigenvalue weighted by Gasteiger charge is -2.18. The molecule has 0 unspecified atom stereocenters. The third-order valence-corrected chi connectivity index (χ3v) is 5.02. The van der Waals surface area contributed by atoms with Gasteiger partial charge < -0.3 is 25.2 Å². The number of carbonyl (C=O) groups is 1. The number of nitrogens with zero attached hydrogens (tertiary/aromatic N) is 1. The maximum atomic E-state index is 12.6. The van der Waals surface area contributed by atoms with E-state index in [9.17, 15) is 33.6 Å². The summed E-state index contributed by atoms with van der Waals surface area (Å²) in [4.78, 5) is 14.5. The Morgan fingerprint density at radius 1 is 1.16 bits per heavy atom. The summed E-state index contributed by atoms with van der Waals surface area (Å²) in [5.41, 5.74) is -0.449. The van der Waals surface area contributed by atoms with Crippen LogP contribution in [-0.2, 0) is 14.8 Å². The minimum Gasteiger partial charge on any atom is -0.507 e. The number of rotatable bonds is 2. The van der Waals surface area contributed by atoms with Gasteiger partial charge in [-0.3, -0.25) is 0 Å². The molecular weight excluding hydrogens is 452 g/mol. The fourth-order valence-electron chi connectivity index (χ4n) is 2.68. The van der Waals surface area contributed by atoms with Crippen molar-refractivity contribution in [1.82, 2.24) is 4.83 Å². The summed E-state index contributed by atoms with van der Waals surface area (Å²) in [7, 11) is -3.70. The molecule has 12 heteroatoms. The molecule has 0 aliphatic carbocycles. The lowest BCUT2D eigenvalue weighted by atomic mass is 10.0. The van der Waals surface area contributed by atoms with Gasteiger partial charge in [-0.15, -0.1) is 0 Å². The molecular formula is C19H23ClN2O8S. The van der Waals surface area contributed by atoms with Crippen molar-refractivity contribution in [3.8, 4) is 11.5 Å². The number of ether oxygens (including phenoxy) is 1. The van der Waals surface area contributed by atoms with Crippen LogP contribution in [0.3, 0.4) is 0 Å². The van der Waals surface area contributed by atoms with Gasteiger partial charge in [-0.25, -0.2) is 18.0 Å². The Hall–Kier alpha value is -2.60. The first-order valence-corrected chi connectivity index (χ1v) is 11.4. The van der Waals surface area contributed by atoms with Gasteiger partial charge in [-0.1, -0.05) is 29.8 Å². The molecule has 1 heterocycles. The van der Waals surface area contributed by atoms with Crippen molar-refractivity contribution < 1.29 is 38.4 Å². The lowest BCUT2D eigenvalue weighted by molar-refractivity contribution is 0.0344. The molecule has 2 rings (SSSR count). The first-order chi connectivity index (χ1) is 14.4. The SMILES string of the molecule is C[C@H]1C/C=C\C(=N/NS(C)(=O)=O)[C@@H](O)[C@@H](O)C/C=C/c2c(Cl)c(O)cc(O)c2C(=O)O1. The van der Waals surface area contributed by atoms with E-state index >= 15 is 0 Å². The molecule has 0 spiro atoms. The first kappa shape index (κ1) is 24.7. The van der Waals surface area contributed by atoms with Crippen LogP contribution in [0.2, 0.25) is 5.02 Å². The number of aromatic hydroxyl groups is 2. The molecule has 0 saturated heterocycles. The monoisotopic (exact) mass is 474 g/mol. The summed E-state index contributed by atoms with van der Waals surface area (Å²) >= 11 is 6.08. The van der Waals surface area contributed by atoms with E-state index in [1.807, 2.05) is 4.83 Å². The Bertz CT molecular complexity index is 1040. The molecule has 0 saturated carbocycles. The van der Waals surface area contributed by atoms with E-state index in [-0.39, 0.29) is 34.7 Å². The summed E-state index contributed by atoms with van der Waals surface area (Å²) in [6.07, 6.45) is 2.62. The van der Waals surface area contributed by atoms with Crippen molar-refractivity contribution in [2.75, 3.05) is 6.26 Å². The third-order valence-electron chi connectivity index (χ3n) is 4.20. The summed E-state index contributed by atoms with van der Waals surface area (Å²) in [5.74, 6) is -1.89. The van der Waals surface area contributed by atoms with Gasteiger partial charge in [0, 0.05) is 18.1 Å². The summed E-state index contributed by atoms with van der Waals surface area (Å²) < 4.78 is 27.9. The highest BCUT2D eigenvalue weighted by Gasteiger charge is 2.25. The fraction of sp³-hybridized carbons (Fsp3) is 0.368. The molecule has 10 nitrogen and oxygen atoms in total. The molecule has 0 aromatic heterocycles. The topological polar surface area (TPSA) is 166 Å². The van der Waals surface area contributed by atoms with Crippen LogP contribution in [0.15, 0.2) is 29.4 Å². The lowest BCUT2D eigenvalue weighted by Crippen LogP contribution is -2.34. The van der Waals surface area contributed by atoms with Crippen LogP contribution in [0, 0.1) is 0 Å². The Morgan fingerprint density at radius 2 is 1.81 bits per heavy atom. The number of phenols is 2. The van der Waals surface area contributed by atoms with Crippen molar-refractivity contribution in [3.05, 3.63) is 40.4 Å². The number of hydrogen-bond donors (Lipinski definition) is 5. The number of fused-ring (bicyclic) bond motifs is 1. The zero-order chi connectivity index (χ0) is 23.3. The van der Waals surface area contributed by atoms with Gasteiger partial charge in [-0.2, -0.15) is 5.10 Å². The second-order valence-electron chi connectivity index (χ2n) is 6.92. The van der Waals surface area contributed by atoms with Crippen LogP contribution >= 0.6 is 11.6 Å². The highest BCUT2D eigenvalue weighted by atomic mass is 35.5. The van der Waals surface area contributed by atoms with E-state index in [4.69, 9.17) is 16.3 Å². The first-order valence-electron chi connectivity index (χ1n) is 9.09. The van der Waals surface area contributed by atoms with Gasteiger partial charge in [0.25, 0.3) is 0 Å². The van der Waals surface area contributed by atoms with E-state index in [1.54, 1.807) is 6.92 Å². The van der Waals surface area contributed by atoms with Crippen LogP contribution in [0.25, 0.3) is 6.08 Å². The van der Waals surface area contributed by atoms with Crippen molar-refractivity contribution in [2.24, 2.45) is 5.10 Å². The quantitative estimate of drug-likeness (QED) is 0.316. The maximum Gasteiger partial charge on any atom is 0.342 e. The second-order valence-corrected chi connectivity index (χ2v) is 9.03. The summed E-state index contributed by atoms with van der Waals surface area (Å²) in [6.45, 7) is 1.57. The largest absolute Gasteiger partial charge is 0.507 e. The Morgan fingerprint density at radius 3 is 2.45 bits per heavy atom. The average Bonchev–Trinajstić information content (AvgIpc) is 2.65. The van der Waals surface area contributed by atoms with Gasteiger partial charge >= 0.3 is 5.97 Å². The van der Waals surface area contributed by atoms with Crippen LogP contribution in [0.5, 0.6) is 11.5 Å². The molecule has 1 aliphatic rings. The maximum absolute atomic E-state index is 12.6. The number of aliphatic hydroxyl groups is 2. The van der Waals surface area contributed by atoms with Crippen LogP contribution in [0.1, 0.15) is 35.7 Å². The van der Waals surface area contributed by atoms with Crippen LogP contribution < -0.4 is 4.83 Å². The van der Waals surface area contributed by atoms with Gasteiger partial charge in [0.2, 0.25) is 10.0 Å². The van der Waals surface area contributed by atoms with Gasteiger partial charge in [0.15, 0.2) is 0 Å². The third kappa shape index (κ3) is 6.69. The Labute approximate surface area is 184 Å². The number of phenolic OH excluding ortho intramolecular Hbond substituents is 2. The van der Waals surface area contributed by atoms with E-state index in [2.05, 4.69) is 5.10 Å². The van der Waals surface area contributed by atoms with E-state index in [0.29, 0.717) is 0 Å². The number of aliphatic hydroxyl groups excluding tert-OH is 2. The number of esters is 1. The molecule has 170 valence electrons. The number of benzene rings is 1. The molecule has 0 fully saturated rings. The second kappa shape index (κ2) is 10.1. The number of nitrogens with one attached hydrogen (secondary N) is 1.